The molecule has 3 aromatic heterocycles. The Morgan fingerprint density at radius 1 is 0.488 bits per heavy atom. The first kappa shape index (κ1) is 23.2. The Kier molecular flexibility index (Phi) is 4.15. The fraction of sp³-hybridized carbons (Fsp3) is 0.0750. The molecule has 0 radical (unpaired) electrons. The molecule has 3 heterocycles. The lowest BCUT2D eigenvalue weighted by molar-refractivity contribution is 0.661. The van der Waals surface area contributed by atoms with Crippen molar-refractivity contribution in [3.63, 3.8) is 0 Å². The largest absolute Gasteiger partial charge is 0.309 e. The predicted molar refractivity (Wildman–Crippen MR) is 179 cm³/mol. The van der Waals surface area contributed by atoms with Gasteiger partial charge in [0.05, 0.1) is 22.1 Å². The molecule has 6 aromatic carbocycles. The summed E-state index contributed by atoms with van der Waals surface area (Å²) in [6.45, 7) is 4.69. The molecule has 0 fully saturated rings. The van der Waals surface area contributed by atoms with Crippen molar-refractivity contribution < 1.29 is 0 Å². The van der Waals surface area contributed by atoms with Gasteiger partial charge in [0.1, 0.15) is 0 Å². The van der Waals surface area contributed by atoms with E-state index in [4.69, 9.17) is 0 Å². The Hall–Kier alpha value is -5.41. The van der Waals surface area contributed by atoms with E-state index in [1.807, 2.05) is 28.7 Å². The maximum Gasteiger partial charge on any atom is 0.263 e. The van der Waals surface area contributed by atoms with Crippen LogP contribution in [0.1, 0.15) is 25.0 Å². The molecule has 0 bridgehead atoms. The van der Waals surface area contributed by atoms with E-state index in [0.29, 0.717) is 0 Å². The molecule has 3 nitrogen and oxygen atoms in total. The molecular weight excluding hydrogens is 524 g/mol. The Labute approximate surface area is 247 Å². The Morgan fingerprint density at radius 3 is 1.88 bits per heavy atom. The monoisotopic (exact) mass is 550 g/mol. The van der Waals surface area contributed by atoms with Crippen LogP contribution in [0.3, 0.4) is 0 Å². The molecule has 9 aromatic rings. The Bertz CT molecular complexity index is 2720. The normalized spacial score (nSPS) is 14.1. The maximum atomic E-state index is 13.9. The van der Waals surface area contributed by atoms with Crippen molar-refractivity contribution in [1.29, 1.82) is 0 Å². The van der Waals surface area contributed by atoms with Crippen molar-refractivity contribution in [2.45, 2.75) is 19.3 Å². The predicted octanol–water partition coefficient (Wildman–Crippen LogP) is 9.60. The van der Waals surface area contributed by atoms with Gasteiger partial charge in [0.2, 0.25) is 0 Å². The highest BCUT2D eigenvalue weighted by atomic mass is 16.1. The van der Waals surface area contributed by atoms with Gasteiger partial charge >= 0.3 is 0 Å². The second kappa shape index (κ2) is 7.70. The van der Waals surface area contributed by atoms with Gasteiger partial charge in [-0.2, -0.15) is 0 Å². The number of pyridine rings is 1. The van der Waals surface area contributed by atoms with Gasteiger partial charge < -0.3 is 4.57 Å². The molecule has 202 valence electrons. The highest BCUT2D eigenvalue weighted by Gasteiger charge is 2.36. The molecule has 0 saturated heterocycles. The third-order valence-corrected chi connectivity index (χ3v) is 10.0. The van der Waals surface area contributed by atoms with Crippen molar-refractivity contribution in [2.75, 3.05) is 0 Å². The van der Waals surface area contributed by atoms with E-state index in [2.05, 4.69) is 115 Å². The lowest BCUT2D eigenvalue weighted by Crippen LogP contribution is -2.15. The molecule has 0 amide bonds. The van der Waals surface area contributed by atoms with Crippen LogP contribution in [-0.2, 0) is 5.41 Å². The minimum Gasteiger partial charge on any atom is -0.309 e. The van der Waals surface area contributed by atoms with Crippen molar-refractivity contribution in [3.8, 4) is 16.8 Å². The van der Waals surface area contributed by atoms with Crippen LogP contribution in [0.15, 0.2) is 126 Å². The van der Waals surface area contributed by atoms with Crippen LogP contribution in [0.4, 0.5) is 0 Å². The molecule has 0 spiro atoms. The van der Waals surface area contributed by atoms with Crippen LogP contribution in [0, 0.1) is 0 Å². The van der Waals surface area contributed by atoms with Gasteiger partial charge in [-0.3, -0.25) is 9.20 Å². The third kappa shape index (κ3) is 2.73. The van der Waals surface area contributed by atoms with Gasteiger partial charge in [0.15, 0.2) is 0 Å². The molecule has 0 atom stereocenters. The third-order valence-electron chi connectivity index (χ3n) is 10.0. The van der Waals surface area contributed by atoms with E-state index >= 15 is 0 Å². The van der Waals surface area contributed by atoms with Crippen molar-refractivity contribution in [1.82, 2.24) is 8.97 Å². The molecule has 0 N–H and O–H groups in total. The van der Waals surface area contributed by atoms with Crippen molar-refractivity contribution in [3.05, 3.63) is 143 Å². The standard InChI is InChI=1S/C40H26N2O/c1-40(2)33-16-8-5-12-25(33)29-21-30-26-13-6-9-17-35(26)41(37(30)22-34(29)40)23-19-31-24-11-3-4-15-28(24)39(43)42-36-18-10-7-14-27(36)32(20-23)38(31)42/h3-22H,1-2H3. The summed E-state index contributed by atoms with van der Waals surface area (Å²) in [5.74, 6) is 0. The van der Waals surface area contributed by atoms with Crippen LogP contribution in [0.2, 0.25) is 0 Å². The first-order chi connectivity index (χ1) is 21.0. The van der Waals surface area contributed by atoms with Crippen LogP contribution < -0.4 is 5.56 Å². The summed E-state index contributed by atoms with van der Waals surface area (Å²) in [5.41, 5.74) is 10.8. The van der Waals surface area contributed by atoms with Crippen LogP contribution in [-0.4, -0.2) is 8.97 Å². The second-order valence-corrected chi connectivity index (χ2v) is 12.5. The number of nitrogens with zero attached hydrogens (tertiary/aromatic N) is 2. The molecule has 0 unspecified atom stereocenters. The molecular formula is C40H26N2O. The number of hydrogen-bond acceptors (Lipinski definition) is 1. The van der Waals surface area contributed by atoms with Crippen LogP contribution >= 0.6 is 0 Å². The van der Waals surface area contributed by atoms with Crippen LogP contribution in [0.25, 0.3) is 76.6 Å². The number of aromatic nitrogens is 2. The smallest absolute Gasteiger partial charge is 0.263 e. The lowest BCUT2D eigenvalue weighted by Gasteiger charge is -2.21. The average molecular weight is 551 g/mol. The highest BCUT2D eigenvalue weighted by molar-refractivity contribution is 6.21. The summed E-state index contributed by atoms with van der Waals surface area (Å²) in [4.78, 5) is 13.9. The molecule has 10 rings (SSSR count). The first-order valence-electron chi connectivity index (χ1n) is 14.9. The van der Waals surface area contributed by atoms with Gasteiger partial charge in [0.25, 0.3) is 5.56 Å². The molecule has 43 heavy (non-hydrogen) atoms. The molecule has 3 heteroatoms. The van der Waals surface area contributed by atoms with E-state index < -0.39 is 0 Å². The van der Waals surface area contributed by atoms with Gasteiger partial charge in [-0.05, 0) is 70.1 Å². The fourth-order valence-electron chi connectivity index (χ4n) is 8.09. The topological polar surface area (TPSA) is 26.4 Å². The van der Waals surface area contributed by atoms with E-state index in [9.17, 15) is 4.79 Å². The van der Waals surface area contributed by atoms with E-state index in [1.54, 1.807) is 0 Å². The zero-order chi connectivity index (χ0) is 28.6. The summed E-state index contributed by atoms with van der Waals surface area (Å²) < 4.78 is 4.36. The number of fused-ring (bicyclic) bond motifs is 11. The molecule has 0 aliphatic heterocycles. The van der Waals surface area contributed by atoms with Gasteiger partial charge in [-0.1, -0.05) is 92.7 Å². The SMILES string of the molecule is CC1(C)c2ccccc2-c2cc3c4ccccc4n(-c4cc5c6ccccc6c(=O)n6c7ccccc7c(c4)c56)c3cc21. The minimum absolute atomic E-state index is 0.0382. The van der Waals surface area contributed by atoms with Gasteiger partial charge in [-0.25, -0.2) is 0 Å². The number of benzene rings is 6. The summed E-state index contributed by atoms with van der Waals surface area (Å²) in [6, 6.07) is 43.4. The van der Waals surface area contributed by atoms with Gasteiger partial charge in [0, 0.05) is 43.4 Å². The zero-order valence-corrected chi connectivity index (χ0v) is 23.8. The van der Waals surface area contributed by atoms with E-state index in [1.165, 1.54) is 44.1 Å². The molecule has 1 aliphatic carbocycles. The number of para-hydroxylation sites is 2. The van der Waals surface area contributed by atoms with Crippen molar-refractivity contribution >= 4 is 59.8 Å². The Morgan fingerprint density at radius 2 is 1.09 bits per heavy atom. The highest BCUT2D eigenvalue weighted by Crippen LogP contribution is 2.51. The van der Waals surface area contributed by atoms with E-state index in [-0.39, 0.29) is 11.0 Å². The van der Waals surface area contributed by atoms with Crippen molar-refractivity contribution in [2.24, 2.45) is 0 Å². The number of rotatable bonds is 1. The number of hydrogen-bond donors (Lipinski definition) is 0. The summed E-state index contributed by atoms with van der Waals surface area (Å²) in [5, 5.41) is 7.54. The quantitative estimate of drug-likeness (QED) is 0.187. The summed E-state index contributed by atoms with van der Waals surface area (Å²) in [7, 11) is 0. The molecule has 0 saturated carbocycles. The summed E-state index contributed by atoms with van der Waals surface area (Å²) >= 11 is 0. The van der Waals surface area contributed by atoms with E-state index in [0.717, 1.165) is 43.7 Å². The maximum absolute atomic E-state index is 13.9. The fourth-order valence-corrected chi connectivity index (χ4v) is 8.09. The van der Waals surface area contributed by atoms with Gasteiger partial charge in [-0.15, -0.1) is 0 Å². The second-order valence-electron chi connectivity index (χ2n) is 12.5. The minimum atomic E-state index is -0.0932. The first-order valence-corrected chi connectivity index (χ1v) is 14.9. The average Bonchev–Trinajstić information content (AvgIpc) is 3.63. The van der Waals surface area contributed by atoms with Crippen LogP contribution in [0.5, 0.6) is 0 Å². The Balaban J connectivity index is 1.40. The summed E-state index contributed by atoms with van der Waals surface area (Å²) in [6.07, 6.45) is 0. The zero-order valence-electron chi connectivity index (χ0n) is 23.8. The molecule has 1 aliphatic rings. The lowest BCUT2D eigenvalue weighted by atomic mass is 9.82.